The third kappa shape index (κ3) is 2.22. The number of hydrogen-bond acceptors (Lipinski definition) is 5. The Morgan fingerprint density at radius 3 is 2.86 bits per heavy atom. The van der Waals surface area contributed by atoms with Crippen molar-refractivity contribution >= 4 is 0 Å². The van der Waals surface area contributed by atoms with Crippen LogP contribution in [0.25, 0.3) is 0 Å². The molecule has 0 spiro atoms. The zero-order valence-corrected chi connectivity index (χ0v) is 8.69. The van der Waals surface area contributed by atoms with Gasteiger partial charge in [0.05, 0.1) is 19.3 Å². The van der Waals surface area contributed by atoms with Crippen LogP contribution in [0.5, 0.6) is 0 Å². The van der Waals surface area contributed by atoms with E-state index in [0.717, 1.165) is 0 Å². The summed E-state index contributed by atoms with van der Waals surface area (Å²) in [4.78, 5) is 5.06. The van der Waals surface area contributed by atoms with Crippen LogP contribution in [0.1, 0.15) is 19.8 Å². The van der Waals surface area contributed by atoms with Crippen molar-refractivity contribution in [3.63, 3.8) is 0 Å². The van der Waals surface area contributed by atoms with Crippen molar-refractivity contribution in [2.24, 2.45) is 5.73 Å². The maximum atomic E-state index is 9.06. The largest absolute Gasteiger partial charge is 0.360 e. The van der Waals surface area contributed by atoms with Gasteiger partial charge in [0.1, 0.15) is 0 Å². The van der Waals surface area contributed by atoms with Crippen LogP contribution < -0.4 is 5.73 Å². The topological polar surface area (TPSA) is 71.5 Å². The lowest BCUT2D eigenvalue weighted by Gasteiger charge is -2.39. The fourth-order valence-corrected chi connectivity index (χ4v) is 1.77. The van der Waals surface area contributed by atoms with Gasteiger partial charge in [-0.15, -0.1) is 0 Å². The summed E-state index contributed by atoms with van der Waals surface area (Å²) >= 11 is 0. The van der Waals surface area contributed by atoms with Gasteiger partial charge in [-0.2, -0.15) is 10.3 Å². The van der Waals surface area contributed by atoms with Gasteiger partial charge in [-0.25, -0.2) is 0 Å². The van der Waals surface area contributed by atoms with E-state index in [0.29, 0.717) is 26.0 Å². The predicted octanol–water partition coefficient (Wildman–Crippen LogP) is 0.227. The van der Waals surface area contributed by atoms with Crippen molar-refractivity contribution in [3.05, 3.63) is 0 Å². The fraction of sp³-hybridized carbons (Fsp3) is 0.889. The number of ether oxygens (including phenoxy) is 1. The molecule has 1 rings (SSSR count). The van der Waals surface area contributed by atoms with Crippen molar-refractivity contribution in [1.82, 2.24) is 5.06 Å². The normalized spacial score (nSPS) is 34.0. The second kappa shape index (κ2) is 4.71. The average Bonchev–Trinajstić information content (AvgIpc) is 2.18. The van der Waals surface area contributed by atoms with E-state index >= 15 is 0 Å². The van der Waals surface area contributed by atoms with Crippen LogP contribution in [0, 0.1) is 11.3 Å². The van der Waals surface area contributed by atoms with Gasteiger partial charge >= 0.3 is 0 Å². The second-order valence-electron chi connectivity index (χ2n) is 3.38. The van der Waals surface area contributed by atoms with Crippen molar-refractivity contribution in [2.75, 3.05) is 20.3 Å². The maximum absolute atomic E-state index is 9.06. The third-order valence-electron chi connectivity index (χ3n) is 2.50. The number of rotatable bonds is 3. The standard InChI is InChI=1S/C9H17N3O2/c1-3-14-9(7-10)4-5-12(13-2)8(11)6-9/h8H,3-6,11H2,1-2H3. The van der Waals surface area contributed by atoms with Crippen LogP contribution >= 0.6 is 0 Å². The summed E-state index contributed by atoms with van der Waals surface area (Å²) in [6.45, 7) is 3.05. The molecule has 2 N–H and O–H groups in total. The molecule has 1 fully saturated rings. The highest BCUT2D eigenvalue weighted by Crippen LogP contribution is 2.27. The molecule has 0 aromatic heterocycles. The van der Waals surface area contributed by atoms with E-state index in [2.05, 4.69) is 6.07 Å². The first-order valence-corrected chi connectivity index (χ1v) is 4.79. The summed E-state index contributed by atoms with van der Waals surface area (Å²) in [5, 5.41) is 10.7. The van der Waals surface area contributed by atoms with Crippen LogP contribution in [0.3, 0.4) is 0 Å². The Balaban J connectivity index is 2.63. The lowest BCUT2D eigenvalue weighted by atomic mass is 9.91. The summed E-state index contributed by atoms with van der Waals surface area (Å²) in [7, 11) is 1.58. The number of nitriles is 1. The van der Waals surface area contributed by atoms with Crippen LogP contribution in [0.2, 0.25) is 0 Å². The Bertz CT molecular complexity index is 229. The van der Waals surface area contributed by atoms with Crippen molar-refractivity contribution in [2.45, 2.75) is 31.5 Å². The minimum Gasteiger partial charge on any atom is -0.360 e. The van der Waals surface area contributed by atoms with Gasteiger partial charge in [0.2, 0.25) is 0 Å². The SMILES string of the molecule is CCOC1(C#N)CCN(OC)C(N)C1. The molecule has 0 saturated carbocycles. The Labute approximate surface area is 84.3 Å². The molecule has 80 valence electrons. The zero-order chi connectivity index (χ0) is 10.6. The predicted molar refractivity (Wildman–Crippen MR) is 50.9 cm³/mol. The molecule has 2 atom stereocenters. The van der Waals surface area contributed by atoms with Gasteiger partial charge in [-0.05, 0) is 6.92 Å². The van der Waals surface area contributed by atoms with Crippen LogP contribution in [0.15, 0.2) is 0 Å². The van der Waals surface area contributed by atoms with E-state index in [1.165, 1.54) is 0 Å². The molecule has 0 aliphatic carbocycles. The summed E-state index contributed by atoms with van der Waals surface area (Å²) in [5.41, 5.74) is 5.12. The minimum atomic E-state index is -0.719. The van der Waals surface area contributed by atoms with E-state index in [1.807, 2.05) is 6.92 Å². The lowest BCUT2D eigenvalue weighted by molar-refractivity contribution is -0.202. The van der Waals surface area contributed by atoms with E-state index in [4.69, 9.17) is 20.6 Å². The van der Waals surface area contributed by atoms with E-state index in [9.17, 15) is 0 Å². The molecular weight excluding hydrogens is 182 g/mol. The van der Waals surface area contributed by atoms with Crippen molar-refractivity contribution < 1.29 is 9.57 Å². The summed E-state index contributed by atoms with van der Waals surface area (Å²) < 4.78 is 5.46. The highest BCUT2D eigenvalue weighted by Gasteiger charge is 2.39. The van der Waals surface area contributed by atoms with E-state index in [1.54, 1.807) is 12.2 Å². The lowest BCUT2D eigenvalue weighted by Crippen LogP contribution is -2.54. The quantitative estimate of drug-likeness (QED) is 0.704. The number of piperidine rings is 1. The Kier molecular flexibility index (Phi) is 3.84. The summed E-state index contributed by atoms with van der Waals surface area (Å²) in [6, 6.07) is 2.21. The second-order valence-corrected chi connectivity index (χ2v) is 3.38. The van der Waals surface area contributed by atoms with Gasteiger partial charge < -0.3 is 15.3 Å². The highest BCUT2D eigenvalue weighted by atomic mass is 16.7. The molecule has 1 saturated heterocycles. The smallest absolute Gasteiger partial charge is 0.158 e. The third-order valence-corrected chi connectivity index (χ3v) is 2.50. The van der Waals surface area contributed by atoms with Gasteiger partial charge in [-0.1, -0.05) is 0 Å². The molecule has 1 aliphatic heterocycles. The number of hydrogen-bond donors (Lipinski definition) is 1. The van der Waals surface area contributed by atoms with Crippen molar-refractivity contribution in [1.29, 1.82) is 5.26 Å². The molecule has 5 heteroatoms. The van der Waals surface area contributed by atoms with E-state index in [-0.39, 0.29) is 6.17 Å². The molecule has 1 heterocycles. The molecule has 2 unspecified atom stereocenters. The summed E-state index contributed by atoms with van der Waals surface area (Å²) in [6.07, 6.45) is 0.865. The van der Waals surface area contributed by atoms with Crippen LogP contribution in [-0.2, 0) is 9.57 Å². The van der Waals surface area contributed by atoms with E-state index < -0.39 is 5.60 Å². The monoisotopic (exact) mass is 199 g/mol. The maximum Gasteiger partial charge on any atom is 0.158 e. The number of nitrogens with two attached hydrogens (primary N) is 1. The first-order chi connectivity index (χ1) is 6.67. The molecule has 1 aliphatic rings. The zero-order valence-electron chi connectivity index (χ0n) is 8.69. The van der Waals surface area contributed by atoms with Crippen LogP contribution in [-0.4, -0.2) is 37.1 Å². The minimum absolute atomic E-state index is 0.264. The Morgan fingerprint density at radius 2 is 2.43 bits per heavy atom. The molecule has 0 radical (unpaired) electrons. The molecule has 0 aromatic carbocycles. The Hall–Kier alpha value is -0.670. The summed E-state index contributed by atoms with van der Waals surface area (Å²) in [5.74, 6) is 0. The van der Waals surface area contributed by atoms with Gasteiger partial charge in [0, 0.05) is 26.0 Å². The highest BCUT2D eigenvalue weighted by molar-refractivity contribution is 5.05. The first kappa shape index (κ1) is 11.4. The van der Waals surface area contributed by atoms with Crippen LogP contribution in [0.4, 0.5) is 0 Å². The van der Waals surface area contributed by atoms with Gasteiger partial charge in [0.25, 0.3) is 0 Å². The molecular formula is C9H17N3O2. The first-order valence-electron chi connectivity index (χ1n) is 4.79. The number of hydroxylamine groups is 2. The molecule has 0 aromatic rings. The number of nitrogens with zero attached hydrogens (tertiary/aromatic N) is 2. The molecule has 0 bridgehead atoms. The fourth-order valence-electron chi connectivity index (χ4n) is 1.77. The van der Waals surface area contributed by atoms with Crippen molar-refractivity contribution in [3.8, 4) is 6.07 Å². The van der Waals surface area contributed by atoms with Gasteiger partial charge in [0.15, 0.2) is 5.60 Å². The van der Waals surface area contributed by atoms with Gasteiger partial charge in [-0.3, -0.25) is 0 Å². The average molecular weight is 199 g/mol. The molecule has 5 nitrogen and oxygen atoms in total. The Morgan fingerprint density at radius 1 is 1.71 bits per heavy atom. The molecule has 14 heavy (non-hydrogen) atoms. The molecule has 0 amide bonds.